The van der Waals surface area contributed by atoms with Gasteiger partial charge in [-0.25, -0.2) is 0 Å². The molecule has 1 aliphatic heterocycles. The molecule has 0 N–H and O–H groups in total. The van der Waals surface area contributed by atoms with E-state index in [9.17, 15) is 9.59 Å². The van der Waals surface area contributed by atoms with Gasteiger partial charge in [-0.2, -0.15) is 0 Å². The van der Waals surface area contributed by atoms with Crippen molar-refractivity contribution in [2.45, 2.75) is 39.0 Å². The molecule has 4 heteroatoms. The molecule has 1 aromatic rings. The number of likely N-dealkylation sites (tertiary alicyclic amines) is 1. The van der Waals surface area contributed by atoms with Gasteiger partial charge in [-0.15, -0.1) is 0 Å². The summed E-state index contributed by atoms with van der Waals surface area (Å²) in [5, 5.41) is 0. The zero-order valence-electron chi connectivity index (χ0n) is 14.0. The highest BCUT2D eigenvalue weighted by atomic mass is 16.5. The highest BCUT2D eigenvalue weighted by Crippen LogP contribution is 2.20. The molecule has 126 valence electrons. The van der Waals surface area contributed by atoms with Crippen molar-refractivity contribution in [2.24, 2.45) is 5.92 Å². The molecule has 0 unspecified atom stereocenters. The lowest BCUT2D eigenvalue weighted by molar-refractivity contribution is -0.136. The molecular formula is C19H27NO3. The topological polar surface area (TPSA) is 46.6 Å². The Kier molecular flexibility index (Phi) is 7.27. The molecule has 1 saturated heterocycles. The van der Waals surface area contributed by atoms with Crippen molar-refractivity contribution in [3.05, 3.63) is 35.9 Å². The summed E-state index contributed by atoms with van der Waals surface area (Å²) >= 11 is 0. The lowest BCUT2D eigenvalue weighted by Gasteiger charge is -2.32. The Hall–Kier alpha value is -1.68. The van der Waals surface area contributed by atoms with Gasteiger partial charge in [-0.1, -0.05) is 30.3 Å². The Labute approximate surface area is 138 Å². The van der Waals surface area contributed by atoms with Crippen molar-refractivity contribution in [1.82, 2.24) is 4.90 Å². The SMILES string of the molecule is CCOCCC(=O)N1CCC[C@H](C(=O)CCc2ccccc2)C1. The minimum Gasteiger partial charge on any atom is -0.381 e. The van der Waals surface area contributed by atoms with Crippen molar-refractivity contribution in [3.63, 3.8) is 0 Å². The van der Waals surface area contributed by atoms with Crippen LogP contribution < -0.4 is 0 Å². The Balaban J connectivity index is 1.78. The largest absolute Gasteiger partial charge is 0.381 e. The standard InChI is InChI=1S/C19H27NO3/c1-2-23-14-12-19(22)20-13-6-9-17(15-20)18(21)11-10-16-7-4-3-5-8-16/h3-5,7-8,17H,2,6,9-15H2,1H3/t17-/m0/s1. The average Bonchev–Trinajstić information content (AvgIpc) is 2.61. The van der Waals surface area contributed by atoms with Crippen molar-refractivity contribution < 1.29 is 14.3 Å². The zero-order chi connectivity index (χ0) is 16.5. The summed E-state index contributed by atoms with van der Waals surface area (Å²) in [4.78, 5) is 26.4. The van der Waals surface area contributed by atoms with Gasteiger partial charge < -0.3 is 9.64 Å². The van der Waals surface area contributed by atoms with Gasteiger partial charge in [-0.05, 0) is 31.7 Å². The summed E-state index contributed by atoms with van der Waals surface area (Å²) < 4.78 is 5.24. The number of hydrogen-bond donors (Lipinski definition) is 0. The maximum Gasteiger partial charge on any atom is 0.224 e. The third-order valence-corrected chi connectivity index (χ3v) is 4.40. The summed E-state index contributed by atoms with van der Waals surface area (Å²) in [5.74, 6) is 0.402. The van der Waals surface area contributed by atoms with Gasteiger partial charge in [0.1, 0.15) is 5.78 Å². The first-order valence-corrected chi connectivity index (χ1v) is 8.63. The Morgan fingerprint density at radius 1 is 1.22 bits per heavy atom. The van der Waals surface area contributed by atoms with Gasteiger partial charge in [0, 0.05) is 32.0 Å². The summed E-state index contributed by atoms with van der Waals surface area (Å²) in [5.41, 5.74) is 1.20. The van der Waals surface area contributed by atoms with Crippen LogP contribution in [-0.2, 0) is 20.7 Å². The van der Waals surface area contributed by atoms with E-state index in [1.54, 1.807) is 0 Å². The van der Waals surface area contributed by atoms with Crippen LogP contribution in [-0.4, -0.2) is 42.9 Å². The third kappa shape index (κ3) is 5.79. The van der Waals surface area contributed by atoms with Crippen molar-refractivity contribution in [1.29, 1.82) is 0 Å². The number of amides is 1. The normalized spacial score (nSPS) is 18.0. The number of carbonyl (C=O) groups excluding carboxylic acids is 2. The molecule has 4 nitrogen and oxygen atoms in total. The van der Waals surface area contributed by atoms with Crippen molar-refractivity contribution >= 4 is 11.7 Å². The summed E-state index contributed by atoms with van der Waals surface area (Å²) in [7, 11) is 0. The van der Waals surface area contributed by atoms with Crippen LogP contribution in [0.1, 0.15) is 38.2 Å². The number of rotatable bonds is 8. The van der Waals surface area contributed by atoms with Crippen LogP contribution in [0.4, 0.5) is 0 Å². The highest BCUT2D eigenvalue weighted by molar-refractivity contribution is 5.83. The van der Waals surface area contributed by atoms with E-state index in [0.29, 0.717) is 32.6 Å². The molecule has 2 rings (SSSR count). The van der Waals surface area contributed by atoms with E-state index in [4.69, 9.17) is 4.74 Å². The lowest BCUT2D eigenvalue weighted by Crippen LogP contribution is -2.42. The smallest absolute Gasteiger partial charge is 0.224 e. The zero-order valence-corrected chi connectivity index (χ0v) is 14.0. The van der Waals surface area contributed by atoms with E-state index in [1.807, 2.05) is 30.0 Å². The second kappa shape index (κ2) is 9.46. The number of carbonyl (C=O) groups is 2. The fourth-order valence-corrected chi connectivity index (χ4v) is 3.04. The first-order chi connectivity index (χ1) is 11.2. The minimum atomic E-state index is 0.00325. The van der Waals surface area contributed by atoms with Crippen LogP contribution in [0.2, 0.25) is 0 Å². The monoisotopic (exact) mass is 317 g/mol. The molecule has 0 aromatic heterocycles. The van der Waals surface area contributed by atoms with E-state index in [2.05, 4.69) is 12.1 Å². The molecule has 0 saturated carbocycles. The van der Waals surface area contributed by atoms with Crippen LogP contribution in [0.15, 0.2) is 30.3 Å². The predicted octanol–water partition coefficient (Wildman–Crippen LogP) is 2.85. The van der Waals surface area contributed by atoms with Crippen LogP contribution in [0, 0.1) is 5.92 Å². The molecule has 0 bridgehead atoms. The van der Waals surface area contributed by atoms with Crippen molar-refractivity contribution in [2.75, 3.05) is 26.3 Å². The van der Waals surface area contributed by atoms with Gasteiger partial charge in [0.2, 0.25) is 5.91 Å². The number of ketones is 1. The Morgan fingerprint density at radius 2 is 2.00 bits per heavy atom. The summed E-state index contributed by atoms with van der Waals surface area (Å²) in [6.45, 7) is 4.38. The highest BCUT2D eigenvalue weighted by Gasteiger charge is 2.27. The summed E-state index contributed by atoms with van der Waals surface area (Å²) in [6.07, 6.45) is 3.59. The maximum absolute atomic E-state index is 12.4. The number of Topliss-reactive ketones (excluding diaryl/α,β-unsaturated/α-hetero) is 1. The van der Waals surface area contributed by atoms with Crippen LogP contribution in [0.3, 0.4) is 0 Å². The van der Waals surface area contributed by atoms with Crippen LogP contribution in [0.25, 0.3) is 0 Å². The van der Waals surface area contributed by atoms with E-state index >= 15 is 0 Å². The van der Waals surface area contributed by atoms with Gasteiger partial charge in [0.05, 0.1) is 13.0 Å². The van der Waals surface area contributed by atoms with Crippen LogP contribution >= 0.6 is 0 Å². The number of benzene rings is 1. The summed E-state index contributed by atoms with van der Waals surface area (Å²) in [6, 6.07) is 10.1. The number of hydrogen-bond acceptors (Lipinski definition) is 3. The van der Waals surface area contributed by atoms with E-state index in [1.165, 1.54) is 5.56 Å². The van der Waals surface area contributed by atoms with Gasteiger partial charge in [-0.3, -0.25) is 9.59 Å². The molecule has 1 atom stereocenters. The van der Waals surface area contributed by atoms with E-state index in [0.717, 1.165) is 25.8 Å². The van der Waals surface area contributed by atoms with E-state index in [-0.39, 0.29) is 17.6 Å². The first-order valence-electron chi connectivity index (χ1n) is 8.63. The van der Waals surface area contributed by atoms with Crippen LogP contribution in [0.5, 0.6) is 0 Å². The molecular weight excluding hydrogens is 290 g/mol. The number of aryl methyl sites for hydroxylation is 1. The average molecular weight is 317 g/mol. The first kappa shape index (κ1) is 17.7. The van der Waals surface area contributed by atoms with Gasteiger partial charge >= 0.3 is 0 Å². The lowest BCUT2D eigenvalue weighted by atomic mass is 9.90. The molecule has 1 aromatic carbocycles. The molecule has 0 spiro atoms. The molecule has 1 aliphatic rings. The number of nitrogens with zero attached hydrogens (tertiary/aromatic N) is 1. The fourth-order valence-electron chi connectivity index (χ4n) is 3.04. The molecule has 0 radical (unpaired) electrons. The molecule has 23 heavy (non-hydrogen) atoms. The second-order valence-corrected chi connectivity index (χ2v) is 6.08. The predicted molar refractivity (Wildman–Crippen MR) is 90.2 cm³/mol. The fraction of sp³-hybridized carbons (Fsp3) is 0.579. The number of piperidine rings is 1. The second-order valence-electron chi connectivity index (χ2n) is 6.08. The molecule has 1 heterocycles. The van der Waals surface area contributed by atoms with Gasteiger partial charge in [0.15, 0.2) is 0 Å². The minimum absolute atomic E-state index is 0.00325. The number of ether oxygens (including phenoxy) is 1. The molecule has 1 amide bonds. The van der Waals surface area contributed by atoms with Gasteiger partial charge in [0.25, 0.3) is 0 Å². The molecule has 1 fully saturated rings. The van der Waals surface area contributed by atoms with Crippen molar-refractivity contribution in [3.8, 4) is 0 Å². The van der Waals surface area contributed by atoms with E-state index < -0.39 is 0 Å². The maximum atomic E-state index is 12.4. The Bertz CT molecular complexity index is 501. The molecule has 0 aliphatic carbocycles. The quantitative estimate of drug-likeness (QED) is 0.693. The Morgan fingerprint density at radius 3 is 2.74 bits per heavy atom. The third-order valence-electron chi connectivity index (χ3n) is 4.40.